The molecule has 0 amide bonds. The monoisotopic (exact) mass is 624 g/mol. The zero-order chi connectivity index (χ0) is 28.8. The summed E-state index contributed by atoms with van der Waals surface area (Å²) in [5, 5.41) is 11.8. The summed E-state index contributed by atoms with van der Waals surface area (Å²) in [6.07, 6.45) is -0.0711. The van der Waals surface area contributed by atoms with E-state index >= 15 is 0 Å². The van der Waals surface area contributed by atoms with Crippen molar-refractivity contribution in [3.63, 3.8) is 0 Å². The molecular weight excluding hydrogens is 586 g/mol. The van der Waals surface area contributed by atoms with Gasteiger partial charge < -0.3 is 26.7 Å². The van der Waals surface area contributed by atoms with Gasteiger partial charge in [-0.2, -0.15) is 0 Å². The van der Waals surface area contributed by atoms with Crippen molar-refractivity contribution in [3.05, 3.63) is 69.3 Å². The van der Waals surface area contributed by atoms with Gasteiger partial charge in [0.25, 0.3) is 5.69 Å². The van der Waals surface area contributed by atoms with Gasteiger partial charge in [0.15, 0.2) is 10.3 Å². The third-order valence-electron chi connectivity index (χ3n) is 8.02. The van der Waals surface area contributed by atoms with E-state index in [1.54, 1.807) is 12.1 Å². The van der Waals surface area contributed by atoms with Gasteiger partial charge in [-0.05, 0) is 38.1 Å². The molecule has 6 atom stereocenters. The SMILES string of the molecule is C.C.C[C@H]1OC[C@]2(c3cc(N)ccc3F)N=C(N)SC[C@H]12.C[C@H]1OC[C@]2(c3cc([N+](=O)[O-])ccc3F)N=C(N)SC[C@H]12. The van der Waals surface area contributed by atoms with Crippen LogP contribution in [0, 0.1) is 33.6 Å². The molecule has 0 saturated carbocycles. The lowest BCUT2D eigenvalue weighted by atomic mass is 9.79. The smallest absolute Gasteiger partial charge is 0.270 e. The maximum Gasteiger partial charge on any atom is 0.270 e. The first-order chi connectivity index (χ1) is 19.0. The van der Waals surface area contributed by atoms with E-state index in [9.17, 15) is 18.9 Å². The Hall–Kier alpha value is -2.94. The van der Waals surface area contributed by atoms with Gasteiger partial charge in [0.1, 0.15) is 22.7 Å². The molecule has 2 fully saturated rings. The maximum atomic E-state index is 14.3. The van der Waals surface area contributed by atoms with Crippen LogP contribution in [0.4, 0.5) is 20.2 Å². The van der Waals surface area contributed by atoms with Crippen molar-refractivity contribution in [2.45, 2.75) is 52.0 Å². The number of nitro groups is 1. The van der Waals surface area contributed by atoms with E-state index < -0.39 is 21.8 Å². The Kier molecular flexibility index (Phi) is 10.2. The van der Waals surface area contributed by atoms with Crippen LogP contribution in [-0.2, 0) is 20.6 Å². The van der Waals surface area contributed by atoms with Crippen LogP contribution in [0.25, 0.3) is 0 Å². The van der Waals surface area contributed by atoms with Crippen LogP contribution in [0.3, 0.4) is 0 Å². The van der Waals surface area contributed by atoms with Crippen LogP contribution in [0.1, 0.15) is 39.8 Å². The third kappa shape index (κ3) is 5.81. The highest BCUT2D eigenvalue weighted by Crippen LogP contribution is 2.49. The van der Waals surface area contributed by atoms with E-state index in [-0.39, 0.29) is 62.6 Å². The number of hydrogen-bond donors (Lipinski definition) is 3. The molecule has 10 nitrogen and oxygen atoms in total. The lowest BCUT2D eigenvalue weighted by Crippen LogP contribution is -2.41. The number of nitro benzene ring substituents is 1. The first kappa shape index (κ1) is 33.6. The predicted octanol–water partition coefficient (Wildman–Crippen LogP) is 5.00. The molecule has 0 bridgehead atoms. The number of aliphatic imine (C=N–C) groups is 2. The highest BCUT2D eigenvalue weighted by molar-refractivity contribution is 8.14. The molecule has 230 valence electrons. The normalized spacial score (nSPS) is 31.1. The average Bonchev–Trinajstić information content (AvgIpc) is 3.42. The van der Waals surface area contributed by atoms with Gasteiger partial charge >= 0.3 is 0 Å². The largest absolute Gasteiger partial charge is 0.399 e. The molecule has 6 rings (SSSR count). The van der Waals surface area contributed by atoms with Gasteiger partial charge in [-0.25, -0.2) is 18.8 Å². The van der Waals surface area contributed by atoms with E-state index in [4.69, 9.17) is 26.7 Å². The molecule has 0 aromatic heterocycles. The Bertz CT molecular complexity index is 1400. The van der Waals surface area contributed by atoms with Crippen LogP contribution in [0.5, 0.6) is 0 Å². The lowest BCUT2D eigenvalue weighted by molar-refractivity contribution is -0.385. The number of nitrogens with two attached hydrogens (primary N) is 3. The molecule has 0 unspecified atom stereocenters. The number of nitrogen functional groups attached to an aromatic ring is 1. The van der Waals surface area contributed by atoms with Crippen molar-refractivity contribution in [2.75, 3.05) is 30.5 Å². The fraction of sp³-hybridized carbons (Fsp3) is 0.500. The summed E-state index contributed by atoms with van der Waals surface area (Å²) in [5.74, 6) is 0.656. The highest BCUT2D eigenvalue weighted by atomic mass is 32.2. The van der Waals surface area contributed by atoms with E-state index in [2.05, 4.69) is 9.98 Å². The number of nitrogens with zero attached hydrogens (tertiary/aromatic N) is 3. The molecule has 14 heteroatoms. The lowest BCUT2D eigenvalue weighted by Gasteiger charge is -2.35. The predicted molar refractivity (Wildman–Crippen MR) is 167 cm³/mol. The van der Waals surface area contributed by atoms with Gasteiger partial charge in [0, 0.05) is 52.3 Å². The zero-order valence-corrected chi connectivity index (χ0v) is 23.5. The summed E-state index contributed by atoms with van der Waals surface area (Å²) < 4.78 is 39.9. The summed E-state index contributed by atoms with van der Waals surface area (Å²) in [4.78, 5) is 19.4. The standard InChI is InChI=1S/C13H14FN3O3S.C13H16FN3OS.2CH4/c1-7-10-5-21-12(15)16-13(10,6-20-7)9-4-8(17(18)19)2-3-11(9)14;1-7-10-5-19-12(16)17-13(10,6-18-7)9-4-8(15)2-3-11(9)14;;/h2-4,7,10H,5-6H2,1H3,(H2,15,16);2-4,7,10H,5-6,15H2,1H3,(H2,16,17);2*1H4/t2*7-,10-,13-;;/m11../s1. The van der Waals surface area contributed by atoms with Crippen molar-refractivity contribution < 1.29 is 23.2 Å². The summed E-state index contributed by atoms with van der Waals surface area (Å²) >= 11 is 2.89. The van der Waals surface area contributed by atoms with Crippen LogP contribution < -0.4 is 17.2 Å². The average molecular weight is 625 g/mol. The number of ether oxygens (including phenoxy) is 2. The number of benzene rings is 2. The quantitative estimate of drug-likeness (QED) is 0.242. The van der Waals surface area contributed by atoms with E-state index in [1.807, 2.05) is 13.8 Å². The Morgan fingerprint density at radius 3 is 1.79 bits per heavy atom. The minimum Gasteiger partial charge on any atom is -0.399 e. The summed E-state index contributed by atoms with van der Waals surface area (Å²) in [6.45, 7) is 4.42. The van der Waals surface area contributed by atoms with Crippen molar-refractivity contribution in [1.82, 2.24) is 0 Å². The Labute approximate surface area is 253 Å². The van der Waals surface area contributed by atoms with Crippen molar-refractivity contribution in [1.29, 1.82) is 0 Å². The molecule has 4 heterocycles. The Morgan fingerprint density at radius 1 is 0.857 bits per heavy atom. The molecule has 4 aliphatic rings. The van der Waals surface area contributed by atoms with Crippen LogP contribution in [0.2, 0.25) is 0 Å². The zero-order valence-electron chi connectivity index (χ0n) is 21.9. The van der Waals surface area contributed by atoms with Crippen LogP contribution in [0.15, 0.2) is 46.4 Å². The second-order valence-electron chi connectivity index (χ2n) is 10.3. The summed E-state index contributed by atoms with van der Waals surface area (Å²) in [7, 11) is 0. The fourth-order valence-corrected chi connectivity index (χ4v) is 8.08. The summed E-state index contributed by atoms with van der Waals surface area (Å²) in [5.41, 5.74) is 16.8. The van der Waals surface area contributed by atoms with Crippen molar-refractivity contribution >= 4 is 45.2 Å². The number of rotatable bonds is 3. The van der Waals surface area contributed by atoms with Crippen molar-refractivity contribution in [3.8, 4) is 0 Å². The molecule has 2 aromatic rings. The number of thioether (sulfide) groups is 2. The topological polar surface area (TPSA) is 164 Å². The van der Waals surface area contributed by atoms with E-state index in [0.29, 0.717) is 33.9 Å². The van der Waals surface area contributed by atoms with Gasteiger partial charge in [-0.3, -0.25) is 10.1 Å². The summed E-state index contributed by atoms with van der Waals surface area (Å²) in [6, 6.07) is 8.08. The number of anilines is 1. The molecule has 4 aliphatic heterocycles. The minimum atomic E-state index is -0.967. The minimum absolute atomic E-state index is 0. The number of non-ortho nitro benzene ring substituents is 1. The first-order valence-corrected chi connectivity index (χ1v) is 14.6. The van der Waals surface area contributed by atoms with E-state index in [1.165, 1.54) is 35.7 Å². The fourth-order valence-electron chi connectivity index (χ4n) is 5.83. The highest BCUT2D eigenvalue weighted by Gasteiger charge is 2.54. The van der Waals surface area contributed by atoms with Gasteiger partial charge in [-0.15, -0.1) is 0 Å². The maximum absolute atomic E-state index is 14.3. The van der Waals surface area contributed by atoms with Gasteiger partial charge in [-0.1, -0.05) is 38.4 Å². The second-order valence-corrected chi connectivity index (χ2v) is 12.4. The van der Waals surface area contributed by atoms with Crippen LogP contribution >= 0.6 is 23.5 Å². The Balaban J connectivity index is 0.000000221. The molecule has 0 radical (unpaired) electrons. The number of hydrogen-bond acceptors (Lipinski definition) is 11. The van der Waals surface area contributed by atoms with E-state index in [0.717, 1.165) is 17.9 Å². The Morgan fingerprint density at radius 2 is 1.31 bits per heavy atom. The molecule has 2 saturated heterocycles. The second kappa shape index (κ2) is 12.7. The molecule has 0 aliphatic carbocycles. The van der Waals surface area contributed by atoms with Crippen LogP contribution in [-0.4, -0.2) is 52.2 Å². The number of halogens is 2. The molecular formula is C28H38F2N6O4S2. The first-order valence-electron chi connectivity index (χ1n) is 12.7. The molecule has 6 N–H and O–H groups in total. The number of fused-ring (bicyclic) bond motifs is 2. The molecule has 42 heavy (non-hydrogen) atoms. The van der Waals surface area contributed by atoms with Gasteiger partial charge in [0.05, 0.1) is 30.3 Å². The van der Waals surface area contributed by atoms with Gasteiger partial charge in [0.2, 0.25) is 0 Å². The third-order valence-corrected chi connectivity index (χ3v) is 9.84. The van der Waals surface area contributed by atoms with Crippen molar-refractivity contribution in [2.24, 2.45) is 33.3 Å². The molecule has 0 spiro atoms. The molecule has 2 aromatic carbocycles. The number of amidine groups is 2.